The van der Waals surface area contributed by atoms with E-state index in [2.05, 4.69) is 4.98 Å². The number of aliphatic hydroxyl groups is 1. The SMILES string of the molecule is CC.O=P(O)(O)C(O)(Cc1cccnc1)P(=O)(O)O. The van der Waals surface area contributed by atoms with Crippen LogP contribution in [-0.4, -0.2) is 34.7 Å². The van der Waals surface area contributed by atoms with E-state index in [0.29, 0.717) is 0 Å². The molecule has 0 aliphatic heterocycles. The highest BCUT2D eigenvalue weighted by Gasteiger charge is 2.59. The Labute approximate surface area is 110 Å². The van der Waals surface area contributed by atoms with E-state index in [0.717, 1.165) is 6.20 Å². The van der Waals surface area contributed by atoms with Gasteiger partial charge in [-0.3, -0.25) is 14.1 Å². The summed E-state index contributed by atoms with van der Waals surface area (Å²) < 4.78 is 22.1. The zero-order valence-electron chi connectivity index (χ0n) is 10.4. The van der Waals surface area contributed by atoms with Crippen LogP contribution in [0.15, 0.2) is 24.5 Å². The molecule has 0 saturated carbocycles. The van der Waals surface area contributed by atoms with Gasteiger partial charge in [0.25, 0.3) is 5.08 Å². The second-order valence-electron chi connectivity index (χ2n) is 3.40. The average molecular weight is 313 g/mol. The van der Waals surface area contributed by atoms with Gasteiger partial charge in [0, 0.05) is 18.8 Å². The van der Waals surface area contributed by atoms with Crippen molar-refractivity contribution in [2.45, 2.75) is 25.4 Å². The van der Waals surface area contributed by atoms with Crippen molar-refractivity contribution in [2.75, 3.05) is 0 Å². The molecule has 0 fully saturated rings. The van der Waals surface area contributed by atoms with E-state index in [1.807, 2.05) is 13.8 Å². The predicted octanol–water partition coefficient (Wildman–Crippen LogP) is 0.652. The fraction of sp³-hybridized carbons (Fsp3) is 0.444. The molecule has 1 heterocycles. The summed E-state index contributed by atoms with van der Waals surface area (Å²) in [6, 6.07) is 2.75. The highest BCUT2D eigenvalue weighted by molar-refractivity contribution is 7.72. The van der Waals surface area contributed by atoms with Gasteiger partial charge in [0.05, 0.1) is 0 Å². The Morgan fingerprint density at radius 2 is 1.63 bits per heavy atom. The van der Waals surface area contributed by atoms with Crippen LogP contribution in [0.3, 0.4) is 0 Å². The summed E-state index contributed by atoms with van der Waals surface area (Å²) in [5, 5.41) is 6.16. The minimum absolute atomic E-state index is 0.0988. The zero-order chi connectivity index (χ0) is 15.3. The Morgan fingerprint density at radius 3 is 1.95 bits per heavy atom. The number of rotatable bonds is 4. The number of nitrogens with zero attached hydrogens (tertiary/aromatic N) is 1. The molecule has 1 rings (SSSR count). The lowest BCUT2D eigenvalue weighted by Gasteiger charge is -2.29. The van der Waals surface area contributed by atoms with Crippen LogP contribution in [0.1, 0.15) is 19.4 Å². The van der Waals surface area contributed by atoms with E-state index in [1.165, 1.54) is 18.3 Å². The lowest BCUT2D eigenvalue weighted by atomic mass is 10.2. The van der Waals surface area contributed by atoms with Crippen LogP contribution in [0.25, 0.3) is 0 Å². The Bertz CT molecular complexity index is 459. The van der Waals surface area contributed by atoms with Crippen molar-refractivity contribution in [2.24, 2.45) is 0 Å². The summed E-state index contributed by atoms with van der Waals surface area (Å²) in [6.45, 7) is 4.00. The molecule has 0 aliphatic rings. The van der Waals surface area contributed by atoms with Crippen LogP contribution < -0.4 is 0 Å². The molecule has 110 valence electrons. The summed E-state index contributed by atoms with van der Waals surface area (Å²) in [7, 11) is -10.8. The minimum Gasteiger partial charge on any atom is -0.367 e. The molecule has 0 atom stereocenters. The third kappa shape index (κ3) is 4.47. The van der Waals surface area contributed by atoms with E-state index in [9.17, 15) is 14.2 Å². The quantitative estimate of drug-likeness (QED) is 0.509. The molecule has 0 saturated heterocycles. The van der Waals surface area contributed by atoms with Crippen molar-refractivity contribution in [3.05, 3.63) is 30.1 Å². The van der Waals surface area contributed by atoms with Gasteiger partial charge in [-0.25, -0.2) is 0 Å². The molecule has 5 N–H and O–H groups in total. The second kappa shape index (κ2) is 6.72. The van der Waals surface area contributed by atoms with Gasteiger partial charge in [-0.05, 0) is 11.6 Å². The first-order valence-corrected chi connectivity index (χ1v) is 8.53. The lowest BCUT2D eigenvalue weighted by Crippen LogP contribution is -2.31. The first-order valence-electron chi connectivity index (χ1n) is 5.30. The van der Waals surface area contributed by atoms with Gasteiger partial charge in [-0.1, -0.05) is 19.9 Å². The topological polar surface area (TPSA) is 148 Å². The summed E-state index contributed by atoms with van der Waals surface area (Å²) in [5.74, 6) is 0. The molecule has 0 radical (unpaired) electrons. The van der Waals surface area contributed by atoms with Gasteiger partial charge >= 0.3 is 15.2 Å². The summed E-state index contributed by atoms with van der Waals surface area (Å²) in [6.07, 6.45) is 1.63. The van der Waals surface area contributed by atoms with Crippen LogP contribution in [0.4, 0.5) is 0 Å². The molecule has 0 unspecified atom stereocenters. The van der Waals surface area contributed by atoms with E-state index < -0.39 is 26.7 Å². The largest absolute Gasteiger partial charge is 0.369 e. The van der Waals surface area contributed by atoms with E-state index in [1.54, 1.807) is 0 Å². The lowest BCUT2D eigenvalue weighted by molar-refractivity contribution is 0.131. The Balaban J connectivity index is 0.00000154. The number of pyridine rings is 1. The smallest absolute Gasteiger partial charge is 0.367 e. The van der Waals surface area contributed by atoms with Crippen molar-refractivity contribution >= 4 is 15.2 Å². The first-order chi connectivity index (χ1) is 8.58. The summed E-state index contributed by atoms with van der Waals surface area (Å²) >= 11 is 0. The number of hydrogen-bond acceptors (Lipinski definition) is 4. The third-order valence-electron chi connectivity index (χ3n) is 2.10. The fourth-order valence-electron chi connectivity index (χ4n) is 1.15. The maximum atomic E-state index is 11.0. The van der Waals surface area contributed by atoms with Crippen molar-refractivity contribution in [1.29, 1.82) is 0 Å². The highest BCUT2D eigenvalue weighted by Crippen LogP contribution is 2.68. The van der Waals surface area contributed by atoms with Crippen LogP contribution in [0.5, 0.6) is 0 Å². The zero-order valence-corrected chi connectivity index (χ0v) is 12.2. The standard InChI is InChI=1S/C7H11NO7P2.C2H6/c9-7(16(10,11)12,17(13,14)15)4-6-2-1-3-8-5-6;1-2/h1-3,5,9H,4H2,(H2,10,11,12)(H2,13,14,15);1-2H3. The predicted molar refractivity (Wildman–Crippen MR) is 68.3 cm³/mol. The van der Waals surface area contributed by atoms with Gasteiger partial charge in [0.1, 0.15) is 0 Å². The van der Waals surface area contributed by atoms with Gasteiger partial charge in [0.2, 0.25) is 0 Å². The molecule has 0 aliphatic carbocycles. The Morgan fingerprint density at radius 1 is 1.16 bits per heavy atom. The molecular weight excluding hydrogens is 296 g/mol. The van der Waals surface area contributed by atoms with Crippen molar-refractivity contribution in [1.82, 2.24) is 4.98 Å². The van der Waals surface area contributed by atoms with Gasteiger partial charge in [-0.2, -0.15) is 0 Å². The fourth-order valence-corrected chi connectivity index (χ4v) is 3.29. The molecule has 0 aromatic carbocycles. The minimum atomic E-state index is -5.41. The van der Waals surface area contributed by atoms with Gasteiger partial charge in [-0.15, -0.1) is 0 Å². The maximum absolute atomic E-state index is 11.0. The molecule has 0 bridgehead atoms. The van der Waals surface area contributed by atoms with Crippen molar-refractivity contribution < 1.29 is 33.8 Å². The number of aromatic nitrogens is 1. The van der Waals surface area contributed by atoms with Crippen LogP contribution in [0, 0.1) is 0 Å². The summed E-state index contributed by atoms with van der Waals surface area (Å²) in [5.41, 5.74) is 0.0988. The van der Waals surface area contributed by atoms with E-state index in [4.69, 9.17) is 19.6 Å². The molecule has 1 aromatic rings. The highest BCUT2D eigenvalue weighted by atomic mass is 31.2. The van der Waals surface area contributed by atoms with Gasteiger partial charge in [0.15, 0.2) is 0 Å². The average Bonchev–Trinajstić information content (AvgIpc) is 2.30. The van der Waals surface area contributed by atoms with Crippen LogP contribution in [0.2, 0.25) is 0 Å². The third-order valence-corrected chi connectivity index (χ3v) is 5.84. The first kappa shape index (κ1) is 18.4. The van der Waals surface area contributed by atoms with Crippen molar-refractivity contribution in [3.8, 4) is 0 Å². The van der Waals surface area contributed by atoms with E-state index in [-0.39, 0.29) is 5.56 Å². The normalized spacial score (nSPS) is 12.6. The Kier molecular flexibility index (Phi) is 6.51. The molecule has 19 heavy (non-hydrogen) atoms. The monoisotopic (exact) mass is 313 g/mol. The number of hydrogen-bond donors (Lipinski definition) is 5. The van der Waals surface area contributed by atoms with Crippen molar-refractivity contribution in [3.63, 3.8) is 0 Å². The van der Waals surface area contributed by atoms with E-state index >= 15 is 0 Å². The molecule has 8 nitrogen and oxygen atoms in total. The van der Waals surface area contributed by atoms with Gasteiger partial charge < -0.3 is 24.7 Å². The molecular formula is C9H17NO7P2. The summed E-state index contributed by atoms with van der Waals surface area (Å²) in [4.78, 5) is 39.1. The Hall–Kier alpha value is -0.590. The molecule has 1 aromatic heterocycles. The molecule has 0 amide bonds. The second-order valence-corrected chi connectivity index (χ2v) is 7.41. The van der Waals surface area contributed by atoms with Crippen LogP contribution in [-0.2, 0) is 15.6 Å². The maximum Gasteiger partial charge on any atom is 0.369 e. The molecule has 0 spiro atoms. The molecule has 10 heteroatoms. The van der Waals surface area contributed by atoms with Crippen LogP contribution >= 0.6 is 15.2 Å².